The van der Waals surface area contributed by atoms with Gasteiger partial charge in [0.25, 0.3) is 11.8 Å². The number of anilines is 1. The highest BCUT2D eigenvalue weighted by Gasteiger charge is 2.24. The molecule has 150 valence electrons. The number of fused-ring (bicyclic) bond motifs is 1. The van der Waals surface area contributed by atoms with Crippen LogP contribution in [0, 0.1) is 0 Å². The summed E-state index contributed by atoms with van der Waals surface area (Å²) in [5.74, 6) is -0.485. The zero-order valence-electron chi connectivity index (χ0n) is 16.3. The van der Waals surface area contributed by atoms with Gasteiger partial charge in [-0.1, -0.05) is 72.3 Å². The van der Waals surface area contributed by atoms with Crippen LogP contribution in [0.4, 0.5) is 5.69 Å². The van der Waals surface area contributed by atoms with Gasteiger partial charge < -0.3 is 10.2 Å². The summed E-state index contributed by atoms with van der Waals surface area (Å²) in [7, 11) is 1.66. The summed E-state index contributed by atoms with van der Waals surface area (Å²) in [4.78, 5) is 28.0. The SMILES string of the molecule is CN(C(=O)c1sc2ccccc2c1Cl)c1ccccc1C(=O)NCc1ccccc1. The molecule has 4 rings (SSSR count). The number of para-hydroxylation sites is 1. The summed E-state index contributed by atoms with van der Waals surface area (Å²) in [6.07, 6.45) is 0. The molecule has 30 heavy (non-hydrogen) atoms. The van der Waals surface area contributed by atoms with Gasteiger partial charge in [-0.05, 0) is 23.8 Å². The number of nitrogens with one attached hydrogen (secondary N) is 1. The van der Waals surface area contributed by atoms with E-state index in [0.717, 1.165) is 15.6 Å². The van der Waals surface area contributed by atoms with Crippen molar-refractivity contribution in [1.82, 2.24) is 5.32 Å². The van der Waals surface area contributed by atoms with Crippen molar-refractivity contribution in [3.8, 4) is 0 Å². The molecule has 0 unspecified atom stereocenters. The lowest BCUT2D eigenvalue weighted by Crippen LogP contribution is -2.30. The molecular formula is C24H19ClN2O2S. The van der Waals surface area contributed by atoms with Crippen LogP contribution in [0.25, 0.3) is 10.1 Å². The van der Waals surface area contributed by atoms with Crippen LogP contribution in [0.5, 0.6) is 0 Å². The van der Waals surface area contributed by atoms with Gasteiger partial charge >= 0.3 is 0 Å². The molecule has 1 heterocycles. The van der Waals surface area contributed by atoms with Crippen molar-refractivity contribution in [3.63, 3.8) is 0 Å². The van der Waals surface area contributed by atoms with Gasteiger partial charge in [0, 0.05) is 23.7 Å². The molecule has 0 bridgehead atoms. The van der Waals surface area contributed by atoms with E-state index in [9.17, 15) is 9.59 Å². The quantitative estimate of drug-likeness (QED) is 0.434. The van der Waals surface area contributed by atoms with Crippen molar-refractivity contribution in [3.05, 3.63) is 99.9 Å². The maximum atomic E-state index is 13.2. The minimum Gasteiger partial charge on any atom is -0.348 e. The first kappa shape index (κ1) is 20.1. The molecule has 4 nitrogen and oxygen atoms in total. The van der Waals surface area contributed by atoms with E-state index in [1.54, 1.807) is 31.3 Å². The number of carbonyl (C=O) groups excluding carboxylic acids is 2. The first-order chi connectivity index (χ1) is 14.6. The van der Waals surface area contributed by atoms with Gasteiger partial charge in [-0.25, -0.2) is 0 Å². The maximum Gasteiger partial charge on any atom is 0.269 e. The second-order valence-electron chi connectivity index (χ2n) is 6.79. The molecule has 0 fully saturated rings. The number of nitrogens with zero attached hydrogens (tertiary/aromatic N) is 1. The Hall–Kier alpha value is -3.15. The van der Waals surface area contributed by atoms with Crippen LogP contribution in [-0.4, -0.2) is 18.9 Å². The molecule has 0 spiro atoms. The van der Waals surface area contributed by atoms with Crippen LogP contribution in [0.3, 0.4) is 0 Å². The average Bonchev–Trinajstić information content (AvgIpc) is 3.14. The fraction of sp³-hybridized carbons (Fsp3) is 0.0833. The third kappa shape index (κ3) is 3.95. The highest BCUT2D eigenvalue weighted by molar-refractivity contribution is 7.21. The predicted molar refractivity (Wildman–Crippen MR) is 124 cm³/mol. The predicted octanol–water partition coefficient (Wildman–Crippen LogP) is 5.76. The van der Waals surface area contributed by atoms with Crippen molar-refractivity contribution in [2.75, 3.05) is 11.9 Å². The molecule has 0 atom stereocenters. The molecule has 0 saturated carbocycles. The van der Waals surface area contributed by atoms with E-state index < -0.39 is 0 Å². The number of benzene rings is 3. The molecule has 1 aromatic heterocycles. The summed E-state index contributed by atoms with van der Waals surface area (Å²) in [5, 5.41) is 4.22. The Bertz CT molecular complexity index is 1220. The van der Waals surface area contributed by atoms with Crippen molar-refractivity contribution < 1.29 is 9.59 Å². The molecule has 2 amide bonds. The third-order valence-electron chi connectivity index (χ3n) is 4.84. The average molecular weight is 435 g/mol. The van der Waals surface area contributed by atoms with E-state index in [2.05, 4.69) is 5.32 Å². The van der Waals surface area contributed by atoms with Crippen LogP contribution in [0.15, 0.2) is 78.9 Å². The molecule has 0 aliphatic rings. The second kappa shape index (κ2) is 8.69. The van der Waals surface area contributed by atoms with Crippen LogP contribution >= 0.6 is 22.9 Å². The molecule has 0 radical (unpaired) electrons. The van der Waals surface area contributed by atoms with Gasteiger partial charge in [0.2, 0.25) is 0 Å². The Labute approximate surface area is 183 Å². The standard InChI is InChI=1S/C24H19ClN2O2S/c1-27(24(29)22-21(25)18-12-6-8-14-20(18)30-22)19-13-7-5-11-17(19)23(28)26-15-16-9-3-2-4-10-16/h2-14H,15H2,1H3,(H,26,28). The Morgan fingerprint density at radius 3 is 2.37 bits per heavy atom. The number of rotatable bonds is 5. The fourth-order valence-electron chi connectivity index (χ4n) is 3.24. The number of hydrogen-bond acceptors (Lipinski definition) is 3. The normalized spacial score (nSPS) is 10.7. The summed E-state index contributed by atoms with van der Waals surface area (Å²) < 4.78 is 0.952. The van der Waals surface area contributed by atoms with E-state index in [0.29, 0.717) is 27.7 Å². The van der Waals surface area contributed by atoms with E-state index in [1.165, 1.54) is 16.2 Å². The van der Waals surface area contributed by atoms with E-state index in [-0.39, 0.29) is 11.8 Å². The number of hydrogen-bond donors (Lipinski definition) is 1. The zero-order valence-corrected chi connectivity index (χ0v) is 17.8. The molecule has 0 aliphatic heterocycles. The van der Waals surface area contributed by atoms with Gasteiger partial charge in [-0.2, -0.15) is 0 Å². The number of halogens is 1. The Morgan fingerprint density at radius 1 is 0.933 bits per heavy atom. The topological polar surface area (TPSA) is 49.4 Å². The molecule has 0 saturated heterocycles. The van der Waals surface area contributed by atoms with Crippen LogP contribution in [0.1, 0.15) is 25.6 Å². The summed E-state index contributed by atoms with van der Waals surface area (Å²) >= 11 is 7.84. The highest BCUT2D eigenvalue weighted by atomic mass is 35.5. The fourth-order valence-corrected chi connectivity index (χ4v) is 4.73. The Kier molecular flexibility index (Phi) is 5.84. The minimum absolute atomic E-state index is 0.239. The Balaban J connectivity index is 1.59. The van der Waals surface area contributed by atoms with Gasteiger partial charge in [-0.15, -0.1) is 11.3 Å². The van der Waals surface area contributed by atoms with E-state index in [1.807, 2.05) is 54.6 Å². The summed E-state index contributed by atoms with van der Waals surface area (Å²) in [6.45, 7) is 0.411. The van der Waals surface area contributed by atoms with Crippen molar-refractivity contribution >= 4 is 50.5 Å². The molecule has 4 aromatic rings. The summed E-state index contributed by atoms with van der Waals surface area (Å²) in [6, 6.07) is 24.4. The minimum atomic E-state index is -0.246. The van der Waals surface area contributed by atoms with Crippen LogP contribution in [-0.2, 0) is 6.54 Å². The second-order valence-corrected chi connectivity index (χ2v) is 8.22. The first-order valence-electron chi connectivity index (χ1n) is 9.42. The monoisotopic (exact) mass is 434 g/mol. The van der Waals surface area contributed by atoms with Crippen LogP contribution in [0.2, 0.25) is 5.02 Å². The molecule has 0 aliphatic carbocycles. The summed E-state index contributed by atoms with van der Waals surface area (Å²) in [5.41, 5.74) is 1.97. The van der Waals surface area contributed by atoms with Crippen molar-refractivity contribution in [2.45, 2.75) is 6.54 Å². The van der Waals surface area contributed by atoms with Crippen LogP contribution < -0.4 is 10.2 Å². The highest BCUT2D eigenvalue weighted by Crippen LogP contribution is 2.36. The third-order valence-corrected chi connectivity index (χ3v) is 6.50. The number of thiophene rings is 1. The van der Waals surface area contributed by atoms with Gasteiger partial charge in [0.15, 0.2) is 0 Å². The number of amides is 2. The molecule has 1 N–H and O–H groups in total. The van der Waals surface area contributed by atoms with Gasteiger partial charge in [-0.3, -0.25) is 9.59 Å². The Morgan fingerprint density at radius 2 is 1.60 bits per heavy atom. The maximum absolute atomic E-state index is 13.2. The molecular weight excluding hydrogens is 416 g/mol. The first-order valence-corrected chi connectivity index (χ1v) is 10.6. The van der Waals surface area contributed by atoms with Gasteiger partial charge in [0.1, 0.15) is 4.88 Å². The van der Waals surface area contributed by atoms with E-state index >= 15 is 0 Å². The lowest BCUT2D eigenvalue weighted by atomic mass is 10.1. The zero-order chi connectivity index (χ0) is 21.1. The number of carbonyl (C=O) groups is 2. The lowest BCUT2D eigenvalue weighted by Gasteiger charge is -2.20. The largest absolute Gasteiger partial charge is 0.348 e. The van der Waals surface area contributed by atoms with E-state index in [4.69, 9.17) is 11.6 Å². The lowest BCUT2D eigenvalue weighted by molar-refractivity contribution is 0.0951. The van der Waals surface area contributed by atoms with Gasteiger partial charge in [0.05, 0.1) is 16.3 Å². The van der Waals surface area contributed by atoms with Crippen molar-refractivity contribution in [2.24, 2.45) is 0 Å². The molecule has 3 aromatic carbocycles. The van der Waals surface area contributed by atoms with Crippen molar-refractivity contribution in [1.29, 1.82) is 0 Å². The molecule has 6 heteroatoms. The smallest absolute Gasteiger partial charge is 0.269 e.